The number of carbonyl (C=O) groups excluding carboxylic acids is 1. The lowest BCUT2D eigenvalue weighted by molar-refractivity contribution is -0.122. The minimum Gasteiger partial charge on any atom is -0.300 e. The number of carbonyl (C=O) groups is 1. The second kappa shape index (κ2) is 5.41. The predicted molar refractivity (Wildman–Crippen MR) is 67.7 cm³/mol. The number of hydrogen-bond donors (Lipinski definition) is 0. The monoisotopic (exact) mass is 232 g/mol. The van der Waals surface area contributed by atoms with Crippen molar-refractivity contribution >= 4 is 5.78 Å². The van der Waals surface area contributed by atoms with Gasteiger partial charge in [0.05, 0.1) is 5.69 Å². The van der Waals surface area contributed by atoms with Crippen molar-refractivity contribution in [2.24, 2.45) is 5.92 Å². The molecule has 0 saturated carbocycles. The Hall–Kier alpha value is -1.22. The minimum atomic E-state index is 0.230. The van der Waals surface area contributed by atoms with Crippen LogP contribution >= 0.6 is 0 Å². The van der Waals surface area contributed by atoms with Gasteiger partial charge >= 0.3 is 0 Å². The van der Waals surface area contributed by atoms with E-state index < -0.39 is 0 Å². The lowest BCUT2D eigenvalue weighted by atomic mass is 9.94. The van der Waals surface area contributed by atoms with Crippen LogP contribution in [-0.4, -0.2) is 28.8 Å². The Balaban J connectivity index is 1.97. The van der Waals surface area contributed by atoms with Crippen molar-refractivity contribution in [3.8, 4) is 0 Å². The molecule has 2 heterocycles. The smallest absolute Gasteiger partial charge is 0.134 e. The first-order chi connectivity index (χ1) is 8.15. The fourth-order valence-corrected chi connectivity index (χ4v) is 2.45. The summed E-state index contributed by atoms with van der Waals surface area (Å²) in [4.78, 5) is 18.3. The molecule has 3 heteroatoms. The van der Waals surface area contributed by atoms with Crippen molar-refractivity contribution in [2.75, 3.05) is 13.1 Å². The lowest BCUT2D eigenvalue weighted by Gasteiger charge is -2.31. The number of piperidine rings is 1. The highest BCUT2D eigenvalue weighted by Crippen LogP contribution is 2.18. The van der Waals surface area contributed by atoms with Crippen LogP contribution in [0.25, 0.3) is 0 Å². The van der Waals surface area contributed by atoms with Crippen LogP contribution in [0.5, 0.6) is 0 Å². The average molecular weight is 232 g/mol. The lowest BCUT2D eigenvalue weighted by Crippen LogP contribution is -2.37. The summed E-state index contributed by atoms with van der Waals surface area (Å²) in [5.74, 6) is 0.556. The van der Waals surface area contributed by atoms with Crippen LogP contribution in [0.3, 0.4) is 0 Å². The number of aryl methyl sites for hydroxylation is 1. The van der Waals surface area contributed by atoms with E-state index in [0.717, 1.165) is 43.9 Å². The molecule has 1 unspecified atom stereocenters. The molecular weight excluding hydrogens is 212 g/mol. The van der Waals surface area contributed by atoms with Gasteiger partial charge in [-0.2, -0.15) is 0 Å². The molecule has 92 valence electrons. The fraction of sp³-hybridized carbons (Fsp3) is 0.571. The van der Waals surface area contributed by atoms with Crippen molar-refractivity contribution in [2.45, 2.75) is 33.2 Å². The number of aromatic nitrogens is 1. The number of pyridine rings is 1. The number of nitrogens with zero attached hydrogens (tertiary/aromatic N) is 2. The highest BCUT2D eigenvalue weighted by Gasteiger charge is 2.23. The van der Waals surface area contributed by atoms with Gasteiger partial charge in [-0.3, -0.25) is 14.7 Å². The second-order valence-electron chi connectivity index (χ2n) is 4.96. The molecule has 0 spiro atoms. The highest BCUT2D eigenvalue weighted by atomic mass is 16.1. The number of likely N-dealkylation sites (tertiary alicyclic amines) is 1. The summed E-state index contributed by atoms with van der Waals surface area (Å²) in [5, 5.41) is 0. The van der Waals surface area contributed by atoms with E-state index in [-0.39, 0.29) is 5.92 Å². The van der Waals surface area contributed by atoms with E-state index in [1.807, 2.05) is 19.1 Å². The zero-order valence-corrected chi connectivity index (χ0v) is 10.6. The Labute approximate surface area is 103 Å². The predicted octanol–water partition coefficient (Wildman–Crippen LogP) is 2.19. The maximum Gasteiger partial charge on any atom is 0.134 e. The molecule has 1 atom stereocenters. The Morgan fingerprint density at radius 1 is 1.53 bits per heavy atom. The maximum atomic E-state index is 11.4. The zero-order valence-electron chi connectivity index (χ0n) is 10.6. The SMILES string of the molecule is CC(=O)C1CCCN(Cc2cccc(C)n2)C1. The first kappa shape index (κ1) is 12.2. The first-order valence-corrected chi connectivity index (χ1v) is 6.30. The van der Waals surface area contributed by atoms with Crippen LogP contribution in [0.15, 0.2) is 18.2 Å². The molecule has 3 nitrogen and oxygen atoms in total. The summed E-state index contributed by atoms with van der Waals surface area (Å²) in [6, 6.07) is 6.12. The first-order valence-electron chi connectivity index (χ1n) is 6.30. The third-order valence-corrected chi connectivity index (χ3v) is 3.41. The van der Waals surface area contributed by atoms with Gasteiger partial charge in [-0.1, -0.05) is 6.07 Å². The van der Waals surface area contributed by atoms with Crippen LogP contribution < -0.4 is 0 Å². The Morgan fingerprint density at radius 2 is 2.35 bits per heavy atom. The molecular formula is C14H20N2O. The molecule has 0 radical (unpaired) electrons. The molecule has 2 rings (SSSR count). The quantitative estimate of drug-likeness (QED) is 0.801. The normalized spacial score (nSPS) is 21.4. The number of hydrogen-bond acceptors (Lipinski definition) is 3. The van der Waals surface area contributed by atoms with Crippen LogP contribution in [-0.2, 0) is 11.3 Å². The molecule has 0 amide bonds. The van der Waals surface area contributed by atoms with Gasteiger partial charge < -0.3 is 0 Å². The van der Waals surface area contributed by atoms with Gasteiger partial charge in [-0.15, -0.1) is 0 Å². The van der Waals surface area contributed by atoms with Gasteiger partial charge in [-0.25, -0.2) is 0 Å². The van der Waals surface area contributed by atoms with E-state index in [1.54, 1.807) is 6.92 Å². The largest absolute Gasteiger partial charge is 0.300 e. The van der Waals surface area contributed by atoms with Gasteiger partial charge in [0.1, 0.15) is 5.78 Å². The summed E-state index contributed by atoms with van der Waals surface area (Å²) in [6.07, 6.45) is 2.17. The Kier molecular flexibility index (Phi) is 3.89. The van der Waals surface area contributed by atoms with Crippen LogP contribution in [0.2, 0.25) is 0 Å². The van der Waals surface area contributed by atoms with E-state index in [1.165, 1.54) is 0 Å². The molecule has 1 aromatic heterocycles. The summed E-state index contributed by atoms with van der Waals surface area (Å²) in [5.41, 5.74) is 2.16. The summed E-state index contributed by atoms with van der Waals surface area (Å²) >= 11 is 0. The molecule has 0 aliphatic carbocycles. The number of rotatable bonds is 3. The summed E-state index contributed by atoms with van der Waals surface area (Å²) < 4.78 is 0. The molecule has 1 aliphatic rings. The van der Waals surface area contributed by atoms with Gasteiger partial charge in [-0.05, 0) is 45.4 Å². The van der Waals surface area contributed by atoms with Crippen molar-refractivity contribution in [3.05, 3.63) is 29.6 Å². The molecule has 0 N–H and O–H groups in total. The molecule has 0 aromatic carbocycles. The second-order valence-corrected chi connectivity index (χ2v) is 4.96. The van der Waals surface area contributed by atoms with Gasteiger partial charge in [0.25, 0.3) is 0 Å². The van der Waals surface area contributed by atoms with Gasteiger partial charge in [0.15, 0.2) is 0 Å². The maximum absolute atomic E-state index is 11.4. The zero-order chi connectivity index (χ0) is 12.3. The average Bonchev–Trinajstić information content (AvgIpc) is 2.29. The van der Waals surface area contributed by atoms with E-state index in [9.17, 15) is 4.79 Å². The van der Waals surface area contributed by atoms with E-state index in [2.05, 4.69) is 16.0 Å². The van der Waals surface area contributed by atoms with Crippen molar-refractivity contribution in [3.63, 3.8) is 0 Å². The van der Waals surface area contributed by atoms with Gasteiger partial charge in [0.2, 0.25) is 0 Å². The Bertz CT molecular complexity index is 403. The highest BCUT2D eigenvalue weighted by molar-refractivity contribution is 5.78. The number of Topliss-reactive ketones (excluding diaryl/α,β-unsaturated/α-hetero) is 1. The molecule has 1 aliphatic heterocycles. The van der Waals surface area contributed by atoms with Crippen molar-refractivity contribution in [1.82, 2.24) is 9.88 Å². The van der Waals surface area contributed by atoms with Crippen LogP contribution in [0.1, 0.15) is 31.2 Å². The number of ketones is 1. The fourth-order valence-electron chi connectivity index (χ4n) is 2.45. The summed E-state index contributed by atoms with van der Waals surface area (Å²) in [7, 11) is 0. The van der Waals surface area contributed by atoms with E-state index >= 15 is 0 Å². The third kappa shape index (κ3) is 3.37. The molecule has 17 heavy (non-hydrogen) atoms. The minimum absolute atomic E-state index is 0.230. The van der Waals surface area contributed by atoms with Crippen LogP contribution in [0.4, 0.5) is 0 Å². The van der Waals surface area contributed by atoms with Crippen LogP contribution in [0, 0.1) is 12.8 Å². The molecule has 0 bridgehead atoms. The summed E-state index contributed by atoms with van der Waals surface area (Å²) in [6.45, 7) is 6.56. The Morgan fingerprint density at radius 3 is 3.06 bits per heavy atom. The van der Waals surface area contributed by atoms with E-state index in [4.69, 9.17) is 0 Å². The molecule has 1 fully saturated rings. The standard InChI is InChI=1S/C14H20N2O/c1-11-5-3-7-14(15-11)10-16-8-4-6-13(9-16)12(2)17/h3,5,7,13H,4,6,8-10H2,1-2H3. The van der Waals surface area contributed by atoms with Crippen molar-refractivity contribution in [1.29, 1.82) is 0 Å². The molecule has 1 aromatic rings. The van der Waals surface area contributed by atoms with Gasteiger partial charge in [0, 0.05) is 24.7 Å². The topological polar surface area (TPSA) is 33.2 Å². The van der Waals surface area contributed by atoms with E-state index in [0.29, 0.717) is 5.78 Å². The molecule has 1 saturated heterocycles. The third-order valence-electron chi connectivity index (χ3n) is 3.41. The van der Waals surface area contributed by atoms with Crippen molar-refractivity contribution < 1.29 is 4.79 Å².